The molecule has 19 heavy (non-hydrogen) atoms. The molecule has 0 radical (unpaired) electrons. The van der Waals surface area contributed by atoms with Gasteiger partial charge in [0.15, 0.2) is 0 Å². The average Bonchev–Trinajstić information content (AvgIpc) is 2.32. The molecule has 0 bridgehead atoms. The Morgan fingerprint density at radius 2 is 2.11 bits per heavy atom. The van der Waals surface area contributed by atoms with Crippen molar-refractivity contribution in [3.63, 3.8) is 0 Å². The molecule has 6 heteroatoms. The van der Waals surface area contributed by atoms with E-state index in [1.54, 1.807) is 12.1 Å². The highest BCUT2D eigenvalue weighted by atomic mass is 79.9. The quantitative estimate of drug-likeness (QED) is 0.786. The van der Waals surface area contributed by atoms with Crippen molar-refractivity contribution in [2.45, 2.75) is 33.1 Å². The molecule has 0 heterocycles. The number of hydrogen-bond donors (Lipinski definition) is 1. The summed E-state index contributed by atoms with van der Waals surface area (Å²) in [4.78, 5) is 0. The zero-order valence-electron chi connectivity index (χ0n) is 11.0. The highest BCUT2D eigenvalue weighted by Crippen LogP contribution is 2.24. The van der Waals surface area contributed by atoms with Gasteiger partial charge < -0.3 is 14.8 Å². The van der Waals surface area contributed by atoms with E-state index in [2.05, 4.69) is 26.0 Å². The number of ether oxygens (including phenoxy) is 2. The van der Waals surface area contributed by atoms with Gasteiger partial charge in [-0.15, -0.1) is 0 Å². The van der Waals surface area contributed by atoms with E-state index in [4.69, 9.17) is 4.74 Å². The minimum absolute atomic E-state index is 0.0802. The van der Waals surface area contributed by atoms with Gasteiger partial charge >= 0.3 is 6.61 Å². The second kappa shape index (κ2) is 8.45. The summed E-state index contributed by atoms with van der Waals surface area (Å²) in [6, 6.07) is 4.96. The van der Waals surface area contributed by atoms with Crippen LogP contribution in [0.1, 0.15) is 19.4 Å². The number of halogens is 3. The minimum atomic E-state index is -2.82. The highest BCUT2D eigenvalue weighted by Gasteiger charge is 2.10. The molecule has 0 spiro atoms. The van der Waals surface area contributed by atoms with E-state index in [9.17, 15) is 8.78 Å². The van der Waals surface area contributed by atoms with Crippen molar-refractivity contribution in [1.82, 2.24) is 5.32 Å². The molecule has 0 aliphatic carbocycles. The van der Waals surface area contributed by atoms with E-state index in [1.165, 1.54) is 6.07 Å². The molecular weight excluding hydrogens is 320 g/mol. The lowest BCUT2D eigenvalue weighted by Gasteiger charge is -2.15. The fourth-order valence-corrected chi connectivity index (χ4v) is 2.06. The van der Waals surface area contributed by atoms with Gasteiger partial charge in [0, 0.05) is 29.7 Å². The summed E-state index contributed by atoms with van der Waals surface area (Å²) >= 11 is 3.31. The van der Waals surface area contributed by atoms with Gasteiger partial charge in [-0.25, -0.2) is 0 Å². The van der Waals surface area contributed by atoms with Crippen LogP contribution < -0.4 is 10.1 Å². The Hall–Kier alpha value is -0.720. The molecule has 1 aromatic carbocycles. The van der Waals surface area contributed by atoms with Crippen LogP contribution in [0.4, 0.5) is 8.78 Å². The van der Waals surface area contributed by atoms with Crippen LogP contribution in [-0.4, -0.2) is 25.9 Å². The molecule has 1 rings (SSSR count). The van der Waals surface area contributed by atoms with Crippen molar-refractivity contribution in [1.29, 1.82) is 0 Å². The van der Waals surface area contributed by atoms with Crippen LogP contribution in [0, 0.1) is 0 Å². The predicted octanol–water partition coefficient (Wildman–Crippen LogP) is 3.57. The summed E-state index contributed by atoms with van der Waals surface area (Å²) in [5.74, 6) is 0.190. The van der Waals surface area contributed by atoms with Crippen LogP contribution in [0.2, 0.25) is 0 Å². The van der Waals surface area contributed by atoms with Crippen molar-refractivity contribution < 1.29 is 18.3 Å². The first-order valence-electron chi connectivity index (χ1n) is 6.08. The molecule has 0 amide bonds. The molecular formula is C13H18BrF2NO2. The molecule has 1 unspecified atom stereocenters. The molecule has 1 aromatic rings. The molecule has 3 nitrogen and oxygen atoms in total. The van der Waals surface area contributed by atoms with E-state index in [0.717, 1.165) is 4.47 Å². The second-order valence-corrected chi connectivity index (χ2v) is 4.94. The van der Waals surface area contributed by atoms with Gasteiger partial charge in [0.2, 0.25) is 0 Å². The van der Waals surface area contributed by atoms with Gasteiger partial charge in [0.05, 0.1) is 6.10 Å². The maximum Gasteiger partial charge on any atom is 0.387 e. The van der Waals surface area contributed by atoms with Crippen LogP contribution in [0.25, 0.3) is 0 Å². The zero-order chi connectivity index (χ0) is 14.3. The largest absolute Gasteiger partial charge is 0.434 e. The Labute approximate surface area is 120 Å². The van der Waals surface area contributed by atoms with E-state index in [-0.39, 0.29) is 11.9 Å². The van der Waals surface area contributed by atoms with Crippen molar-refractivity contribution in [3.8, 4) is 5.75 Å². The van der Waals surface area contributed by atoms with Crippen molar-refractivity contribution in [2.24, 2.45) is 0 Å². The summed E-state index contributed by atoms with van der Waals surface area (Å²) in [5.41, 5.74) is 0.679. The standard InChI is InChI=1S/C13H18BrF2NO2/c1-3-18-9(2)7-17-8-10-6-11(14)4-5-12(10)19-13(15)16/h4-6,9,13,17H,3,7-8H2,1-2H3. The van der Waals surface area contributed by atoms with Crippen LogP contribution in [0.5, 0.6) is 5.75 Å². The summed E-state index contributed by atoms with van der Waals surface area (Å²) < 4.78 is 35.2. The van der Waals surface area contributed by atoms with Gasteiger partial charge in [0.1, 0.15) is 5.75 Å². The first-order valence-corrected chi connectivity index (χ1v) is 6.87. The van der Waals surface area contributed by atoms with E-state index < -0.39 is 6.61 Å². The van der Waals surface area contributed by atoms with Gasteiger partial charge in [-0.2, -0.15) is 8.78 Å². The lowest BCUT2D eigenvalue weighted by molar-refractivity contribution is -0.0505. The first kappa shape index (κ1) is 16.3. The summed E-state index contributed by atoms with van der Waals surface area (Å²) in [5, 5.41) is 3.16. The van der Waals surface area contributed by atoms with Gasteiger partial charge in [-0.3, -0.25) is 0 Å². The van der Waals surface area contributed by atoms with Crippen molar-refractivity contribution >= 4 is 15.9 Å². The third-order valence-corrected chi connectivity index (χ3v) is 2.93. The zero-order valence-corrected chi connectivity index (χ0v) is 12.5. The third kappa shape index (κ3) is 6.31. The molecule has 0 saturated heterocycles. The Balaban J connectivity index is 2.57. The summed E-state index contributed by atoms with van der Waals surface area (Å²) in [6.45, 7) is 2.81. The summed E-state index contributed by atoms with van der Waals surface area (Å²) in [7, 11) is 0. The molecule has 1 atom stereocenters. The number of alkyl halides is 2. The Kier molecular flexibility index (Phi) is 7.27. The van der Waals surface area contributed by atoms with Gasteiger partial charge in [-0.05, 0) is 32.0 Å². The topological polar surface area (TPSA) is 30.5 Å². The lowest BCUT2D eigenvalue weighted by Crippen LogP contribution is -2.26. The number of hydrogen-bond acceptors (Lipinski definition) is 3. The lowest BCUT2D eigenvalue weighted by atomic mass is 10.2. The monoisotopic (exact) mass is 337 g/mol. The van der Waals surface area contributed by atoms with Gasteiger partial charge in [0.25, 0.3) is 0 Å². The van der Waals surface area contributed by atoms with Crippen LogP contribution in [0.3, 0.4) is 0 Å². The second-order valence-electron chi connectivity index (χ2n) is 4.03. The predicted molar refractivity (Wildman–Crippen MR) is 73.6 cm³/mol. The fourth-order valence-electron chi connectivity index (χ4n) is 1.65. The van der Waals surface area contributed by atoms with Gasteiger partial charge in [-0.1, -0.05) is 15.9 Å². The molecule has 0 fully saturated rings. The Morgan fingerprint density at radius 1 is 1.37 bits per heavy atom. The number of nitrogens with one attached hydrogen (secondary N) is 1. The van der Waals surface area contributed by atoms with E-state index >= 15 is 0 Å². The molecule has 0 aromatic heterocycles. The fraction of sp³-hybridized carbons (Fsp3) is 0.538. The molecule has 0 aliphatic rings. The number of benzene rings is 1. The molecule has 0 saturated carbocycles. The van der Waals surface area contributed by atoms with Crippen LogP contribution >= 0.6 is 15.9 Å². The maximum atomic E-state index is 12.3. The van der Waals surface area contributed by atoms with Crippen LogP contribution in [0.15, 0.2) is 22.7 Å². The molecule has 0 aliphatic heterocycles. The SMILES string of the molecule is CCOC(C)CNCc1cc(Br)ccc1OC(F)F. The van der Waals surface area contributed by atoms with Crippen molar-refractivity contribution in [2.75, 3.05) is 13.2 Å². The Bertz CT molecular complexity index is 391. The average molecular weight is 338 g/mol. The van der Waals surface area contributed by atoms with Crippen molar-refractivity contribution in [3.05, 3.63) is 28.2 Å². The smallest absolute Gasteiger partial charge is 0.387 e. The minimum Gasteiger partial charge on any atom is -0.434 e. The number of rotatable bonds is 8. The van der Waals surface area contributed by atoms with Crippen LogP contribution in [-0.2, 0) is 11.3 Å². The summed E-state index contributed by atoms with van der Waals surface area (Å²) in [6.07, 6.45) is 0.0802. The normalized spacial score (nSPS) is 12.7. The maximum absolute atomic E-state index is 12.3. The van der Waals surface area contributed by atoms with E-state index in [0.29, 0.717) is 25.3 Å². The molecule has 108 valence electrons. The third-order valence-electron chi connectivity index (χ3n) is 2.44. The molecule has 1 N–H and O–H groups in total. The Morgan fingerprint density at radius 3 is 2.74 bits per heavy atom. The first-order chi connectivity index (χ1) is 9.02. The highest BCUT2D eigenvalue weighted by molar-refractivity contribution is 9.10. The van der Waals surface area contributed by atoms with E-state index in [1.807, 2.05) is 13.8 Å².